The lowest BCUT2D eigenvalue weighted by Gasteiger charge is -2.11. The molecule has 0 aromatic carbocycles. The molecule has 0 saturated carbocycles. The van der Waals surface area contributed by atoms with E-state index < -0.39 is 0 Å². The highest BCUT2D eigenvalue weighted by Gasteiger charge is 2.17. The number of aromatic nitrogens is 4. The van der Waals surface area contributed by atoms with Crippen molar-refractivity contribution in [1.82, 2.24) is 20.3 Å². The van der Waals surface area contributed by atoms with E-state index in [-0.39, 0.29) is 12.2 Å². The lowest BCUT2D eigenvalue weighted by Crippen LogP contribution is -2.07. The van der Waals surface area contributed by atoms with Gasteiger partial charge in [-0.25, -0.2) is 0 Å². The molecule has 0 saturated heterocycles. The molecular formula is C12H16N4O2. The van der Waals surface area contributed by atoms with Crippen molar-refractivity contribution in [2.75, 3.05) is 0 Å². The van der Waals surface area contributed by atoms with Crippen LogP contribution in [0.1, 0.15) is 38.5 Å². The number of aryl methyl sites for hydroxylation is 1. The molecule has 0 spiro atoms. The number of hydrogen-bond acceptors (Lipinski definition) is 6. The van der Waals surface area contributed by atoms with E-state index in [0.717, 1.165) is 5.69 Å². The summed E-state index contributed by atoms with van der Waals surface area (Å²) in [7, 11) is 0. The molecule has 2 rings (SSSR count). The van der Waals surface area contributed by atoms with Crippen LogP contribution in [-0.2, 0) is 4.74 Å². The quantitative estimate of drug-likeness (QED) is 0.826. The molecule has 6 nitrogen and oxygen atoms in total. The topological polar surface area (TPSA) is 73.9 Å². The van der Waals surface area contributed by atoms with Gasteiger partial charge < -0.3 is 9.26 Å². The van der Waals surface area contributed by atoms with Crippen LogP contribution in [-0.4, -0.2) is 26.4 Å². The predicted octanol–water partition coefficient (Wildman–Crippen LogP) is 2.32. The summed E-state index contributed by atoms with van der Waals surface area (Å²) in [6.45, 7) is 7.66. The smallest absolute Gasteiger partial charge is 0.255 e. The van der Waals surface area contributed by atoms with E-state index in [1.165, 1.54) is 0 Å². The molecule has 0 aliphatic rings. The maximum atomic E-state index is 5.57. The summed E-state index contributed by atoms with van der Waals surface area (Å²) in [5, 5.41) is 11.8. The molecule has 0 bridgehead atoms. The Balaban J connectivity index is 2.17. The Morgan fingerprint density at radius 1 is 1.17 bits per heavy atom. The van der Waals surface area contributed by atoms with E-state index in [4.69, 9.17) is 9.26 Å². The molecule has 2 aromatic heterocycles. The van der Waals surface area contributed by atoms with Gasteiger partial charge in [0, 0.05) is 0 Å². The van der Waals surface area contributed by atoms with Gasteiger partial charge >= 0.3 is 0 Å². The lowest BCUT2D eigenvalue weighted by molar-refractivity contribution is -0.0000499. The van der Waals surface area contributed by atoms with Crippen LogP contribution in [0.5, 0.6) is 0 Å². The minimum Gasteiger partial charge on any atom is -0.366 e. The molecule has 0 amide bonds. The molecule has 1 atom stereocenters. The second kappa shape index (κ2) is 5.22. The van der Waals surface area contributed by atoms with Gasteiger partial charge in [0.05, 0.1) is 11.8 Å². The molecular weight excluding hydrogens is 232 g/mol. The molecule has 6 heteroatoms. The molecule has 0 N–H and O–H groups in total. The van der Waals surface area contributed by atoms with E-state index in [1.54, 1.807) is 0 Å². The van der Waals surface area contributed by atoms with E-state index in [0.29, 0.717) is 17.4 Å². The van der Waals surface area contributed by atoms with Crippen LogP contribution >= 0.6 is 0 Å². The Labute approximate surface area is 105 Å². The number of nitrogens with zero attached hydrogens (tertiary/aromatic N) is 4. The fraction of sp³-hybridized carbons (Fsp3) is 0.500. The number of hydrogen-bond donors (Lipinski definition) is 0. The van der Waals surface area contributed by atoms with Gasteiger partial charge in [0.25, 0.3) is 5.89 Å². The van der Waals surface area contributed by atoms with Gasteiger partial charge in [0.1, 0.15) is 11.8 Å². The SMILES string of the molecule is Cc1ccc(-c2noc([C@H](C)OC(C)C)n2)nn1. The molecule has 0 radical (unpaired) electrons. The third-order valence-corrected chi connectivity index (χ3v) is 2.29. The molecule has 0 fully saturated rings. The van der Waals surface area contributed by atoms with Gasteiger partial charge in [-0.15, -0.1) is 5.10 Å². The summed E-state index contributed by atoms with van der Waals surface area (Å²) in [5.74, 6) is 0.873. The third kappa shape index (κ3) is 2.89. The first-order valence-electron chi connectivity index (χ1n) is 5.86. The maximum Gasteiger partial charge on any atom is 0.255 e. The van der Waals surface area contributed by atoms with E-state index >= 15 is 0 Å². The maximum absolute atomic E-state index is 5.57. The highest BCUT2D eigenvalue weighted by Crippen LogP contribution is 2.19. The van der Waals surface area contributed by atoms with Gasteiger partial charge in [-0.05, 0) is 39.8 Å². The van der Waals surface area contributed by atoms with Crippen molar-refractivity contribution in [2.45, 2.75) is 39.9 Å². The average Bonchev–Trinajstić information content (AvgIpc) is 2.78. The van der Waals surface area contributed by atoms with Crippen LogP contribution in [0.15, 0.2) is 16.7 Å². The first kappa shape index (κ1) is 12.6. The van der Waals surface area contributed by atoms with E-state index in [1.807, 2.05) is 39.8 Å². The highest BCUT2D eigenvalue weighted by molar-refractivity contribution is 5.46. The zero-order valence-electron chi connectivity index (χ0n) is 10.9. The largest absolute Gasteiger partial charge is 0.366 e. The van der Waals surface area contributed by atoms with Crippen molar-refractivity contribution in [3.8, 4) is 11.5 Å². The van der Waals surface area contributed by atoms with E-state index in [9.17, 15) is 0 Å². The molecule has 0 aliphatic heterocycles. The molecule has 2 aromatic rings. The molecule has 18 heavy (non-hydrogen) atoms. The second-order valence-electron chi connectivity index (χ2n) is 4.34. The Bertz CT molecular complexity index is 507. The van der Waals surface area contributed by atoms with Crippen LogP contribution in [0.3, 0.4) is 0 Å². The number of rotatable bonds is 4. The first-order chi connectivity index (χ1) is 8.56. The van der Waals surface area contributed by atoms with Crippen LogP contribution in [0, 0.1) is 6.92 Å². The average molecular weight is 248 g/mol. The predicted molar refractivity (Wildman–Crippen MR) is 64.7 cm³/mol. The lowest BCUT2D eigenvalue weighted by atomic mass is 10.3. The monoisotopic (exact) mass is 248 g/mol. The summed E-state index contributed by atoms with van der Waals surface area (Å²) in [6, 6.07) is 3.66. The summed E-state index contributed by atoms with van der Waals surface area (Å²) < 4.78 is 10.7. The van der Waals surface area contributed by atoms with E-state index in [2.05, 4.69) is 20.3 Å². The summed E-state index contributed by atoms with van der Waals surface area (Å²) >= 11 is 0. The highest BCUT2D eigenvalue weighted by atomic mass is 16.5. The summed E-state index contributed by atoms with van der Waals surface area (Å²) in [4.78, 5) is 4.26. The van der Waals surface area contributed by atoms with Gasteiger partial charge in [-0.2, -0.15) is 10.1 Å². The Kier molecular flexibility index (Phi) is 3.66. The molecule has 0 unspecified atom stereocenters. The fourth-order valence-corrected chi connectivity index (χ4v) is 1.49. The van der Waals surface area contributed by atoms with Gasteiger partial charge in [-0.3, -0.25) is 0 Å². The van der Waals surface area contributed by atoms with Gasteiger partial charge in [-0.1, -0.05) is 5.16 Å². The third-order valence-electron chi connectivity index (χ3n) is 2.29. The van der Waals surface area contributed by atoms with Crippen molar-refractivity contribution < 1.29 is 9.26 Å². The Morgan fingerprint density at radius 3 is 2.56 bits per heavy atom. The van der Waals surface area contributed by atoms with Crippen molar-refractivity contribution in [1.29, 1.82) is 0 Å². The van der Waals surface area contributed by atoms with Crippen LogP contribution in [0.4, 0.5) is 0 Å². The standard InChI is InChI=1S/C12H16N4O2/c1-7(2)17-9(4)12-13-11(16-18-12)10-6-5-8(3)14-15-10/h5-7,9H,1-4H3/t9-/m0/s1. The second-order valence-corrected chi connectivity index (χ2v) is 4.34. The zero-order valence-corrected chi connectivity index (χ0v) is 10.9. The molecule has 2 heterocycles. The van der Waals surface area contributed by atoms with Crippen molar-refractivity contribution in [2.24, 2.45) is 0 Å². The minimum atomic E-state index is -0.232. The van der Waals surface area contributed by atoms with Gasteiger partial charge in [0.15, 0.2) is 0 Å². The zero-order chi connectivity index (χ0) is 13.1. The Morgan fingerprint density at radius 2 is 1.94 bits per heavy atom. The summed E-state index contributed by atoms with van der Waals surface area (Å²) in [5.41, 5.74) is 1.44. The molecule has 0 aliphatic carbocycles. The van der Waals surface area contributed by atoms with Crippen LogP contribution in [0.2, 0.25) is 0 Å². The van der Waals surface area contributed by atoms with Crippen LogP contribution in [0.25, 0.3) is 11.5 Å². The first-order valence-corrected chi connectivity index (χ1v) is 5.86. The normalized spacial score (nSPS) is 12.9. The molecule has 96 valence electrons. The van der Waals surface area contributed by atoms with Crippen molar-refractivity contribution in [3.63, 3.8) is 0 Å². The fourth-order valence-electron chi connectivity index (χ4n) is 1.49. The summed E-state index contributed by atoms with van der Waals surface area (Å²) in [6.07, 6.45) is -0.126. The number of ether oxygens (including phenoxy) is 1. The Hall–Kier alpha value is -1.82. The minimum absolute atomic E-state index is 0.106. The van der Waals surface area contributed by atoms with Crippen molar-refractivity contribution in [3.05, 3.63) is 23.7 Å². The van der Waals surface area contributed by atoms with Crippen LogP contribution < -0.4 is 0 Å². The van der Waals surface area contributed by atoms with Gasteiger partial charge in [0.2, 0.25) is 5.82 Å². The van der Waals surface area contributed by atoms with Crippen molar-refractivity contribution >= 4 is 0 Å².